The van der Waals surface area contributed by atoms with Crippen molar-refractivity contribution in [2.45, 2.75) is 25.3 Å². The maximum absolute atomic E-state index is 4.48. The third-order valence-electron chi connectivity index (χ3n) is 5.19. The number of nitrogens with zero attached hydrogens (tertiary/aromatic N) is 5. The van der Waals surface area contributed by atoms with Crippen molar-refractivity contribution in [3.63, 3.8) is 0 Å². The highest BCUT2D eigenvalue weighted by atomic mass is 127. The number of aliphatic imine (C=N–C) groups is 1. The summed E-state index contributed by atoms with van der Waals surface area (Å²) in [6.07, 6.45) is 6.38. The first-order valence-corrected chi connectivity index (χ1v) is 9.82. The highest BCUT2D eigenvalue weighted by molar-refractivity contribution is 14.0. The minimum absolute atomic E-state index is 0. The fraction of sp³-hybridized carbons (Fsp3) is 0.524. The monoisotopic (exact) mass is 496 g/mol. The van der Waals surface area contributed by atoms with Crippen LogP contribution in [0.25, 0.3) is 0 Å². The van der Waals surface area contributed by atoms with Crippen LogP contribution in [0.15, 0.2) is 47.7 Å². The predicted octanol–water partition coefficient (Wildman–Crippen LogP) is 2.92. The second-order valence-corrected chi connectivity index (χ2v) is 7.43. The number of aryl methyl sites for hydroxylation is 1. The van der Waals surface area contributed by atoms with E-state index in [1.54, 1.807) is 0 Å². The van der Waals surface area contributed by atoms with E-state index in [4.69, 9.17) is 0 Å². The van der Waals surface area contributed by atoms with E-state index in [0.717, 1.165) is 51.5 Å². The molecule has 7 heteroatoms. The van der Waals surface area contributed by atoms with Crippen molar-refractivity contribution < 1.29 is 0 Å². The molecule has 1 aliphatic rings. The first kappa shape index (κ1) is 22.7. The molecule has 1 aliphatic heterocycles. The van der Waals surface area contributed by atoms with Gasteiger partial charge in [-0.15, -0.1) is 24.0 Å². The van der Waals surface area contributed by atoms with E-state index in [9.17, 15) is 0 Å². The van der Waals surface area contributed by atoms with Gasteiger partial charge in [0.05, 0.1) is 6.20 Å². The van der Waals surface area contributed by atoms with Crippen molar-refractivity contribution in [1.29, 1.82) is 0 Å². The van der Waals surface area contributed by atoms with E-state index in [1.165, 1.54) is 11.1 Å². The average Bonchev–Trinajstić information content (AvgIpc) is 3.32. The van der Waals surface area contributed by atoms with Crippen LogP contribution in [0.2, 0.25) is 0 Å². The highest BCUT2D eigenvalue weighted by Crippen LogP contribution is 2.26. The molecule has 1 aromatic carbocycles. The van der Waals surface area contributed by atoms with Crippen molar-refractivity contribution in [2.24, 2.45) is 12.0 Å². The smallest absolute Gasteiger partial charge is 0.193 e. The summed E-state index contributed by atoms with van der Waals surface area (Å²) in [5.41, 5.74) is 2.69. The normalized spacial score (nSPS) is 17.1. The summed E-state index contributed by atoms with van der Waals surface area (Å²) in [6.45, 7) is 5.07. The summed E-state index contributed by atoms with van der Waals surface area (Å²) in [5, 5.41) is 7.84. The van der Waals surface area contributed by atoms with E-state index in [1.807, 2.05) is 25.0 Å². The Balaban J connectivity index is 0.00000280. The van der Waals surface area contributed by atoms with Crippen LogP contribution in [-0.4, -0.2) is 65.8 Å². The van der Waals surface area contributed by atoms with Gasteiger partial charge < -0.3 is 15.1 Å². The predicted molar refractivity (Wildman–Crippen MR) is 126 cm³/mol. The average molecular weight is 496 g/mol. The zero-order valence-corrected chi connectivity index (χ0v) is 19.5. The molecule has 1 saturated heterocycles. The van der Waals surface area contributed by atoms with Gasteiger partial charge in [0.25, 0.3) is 0 Å². The van der Waals surface area contributed by atoms with Crippen LogP contribution < -0.4 is 5.32 Å². The maximum Gasteiger partial charge on any atom is 0.193 e. The third kappa shape index (κ3) is 6.48. The molecule has 0 spiro atoms. The van der Waals surface area contributed by atoms with Crippen LogP contribution in [0.3, 0.4) is 0 Å². The van der Waals surface area contributed by atoms with Crippen LogP contribution in [0.1, 0.15) is 29.9 Å². The Morgan fingerprint density at radius 1 is 1.32 bits per heavy atom. The van der Waals surface area contributed by atoms with Gasteiger partial charge in [-0.05, 0) is 37.6 Å². The van der Waals surface area contributed by atoms with Gasteiger partial charge in [0.1, 0.15) is 0 Å². The Morgan fingerprint density at radius 3 is 2.79 bits per heavy atom. The Labute approximate surface area is 186 Å². The second kappa shape index (κ2) is 11.4. The number of aromatic nitrogens is 2. The van der Waals surface area contributed by atoms with Crippen LogP contribution in [0.4, 0.5) is 0 Å². The zero-order chi connectivity index (χ0) is 19.1. The van der Waals surface area contributed by atoms with Crippen molar-refractivity contribution in [3.8, 4) is 0 Å². The second-order valence-electron chi connectivity index (χ2n) is 7.43. The lowest BCUT2D eigenvalue weighted by atomic mass is 10.0. The van der Waals surface area contributed by atoms with Crippen molar-refractivity contribution in [3.05, 3.63) is 53.9 Å². The molecule has 1 aromatic heterocycles. The summed E-state index contributed by atoms with van der Waals surface area (Å²) in [4.78, 5) is 9.22. The van der Waals surface area contributed by atoms with Gasteiger partial charge in [-0.3, -0.25) is 9.67 Å². The largest absolute Gasteiger partial charge is 0.356 e. The van der Waals surface area contributed by atoms with Gasteiger partial charge in [0.2, 0.25) is 0 Å². The lowest BCUT2D eigenvalue weighted by Crippen LogP contribution is -2.40. The quantitative estimate of drug-likeness (QED) is 0.277. The molecule has 0 radical (unpaired) electrons. The van der Waals surface area contributed by atoms with E-state index in [2.05, 4.69) is 68.8 Å². The van der Waals surface area contributed by atoms with Gasteiger partial charge >= 0.3 is 0 Å². The molecule has 1 atom stereocenters. The zero-order valence-electron chi connectivity index (χ0n) is 17.2. The molecule has 2 aromatic rings. The molecular formula is C21H33IN6. The van der Waals surface area contributed by atoms with Crippen molar-refractivity contribution >= 4 is 29.9 Å². The Kier molecular flexibility index (Phi) is 9.24. The fourth-order valence-electron chi connectivity index (χ4n) is 3.73. The van der Waals surface area contributed by atoms with Gasteiger partial charge in [-0.1, -0.05) is 30.3 Å². The molecule has 154 valence electrons. The first-order chi connectivity index (χ1) is 13.2. The molecule has 1 N–H and O–H groups in total. The molecule has 28 heavy (non-hydrogen) atoms. The number of hydrogen-bond acceptors (Lipinski definition) is 3. The number of hydrogen-bond donors (Lipinski definition) is 1. The van der Waals surface area contributed by atoms with E-state index in [0.29, 0.717) is 5.92 Å². The molecule has 1 unspecified atom stereocenters. The molecule has 3 rings (SSSR count). The summed E-state index contributed by atoms with van der Waals surface area (Å²) in [6, 6.07) is 10.6. The molecular weight excluding hydrogens is 463 g/mol. The Bertz CT molecular complexity index is 730. The Hall–Kier alpha value is -1.61. The minimum Gasteiger partial charge on any atom is -0.356 e. The number of nitrogens with one attached hydrogen (secondary N) is 1. The van der Waals surface area contributed by atoms with Crippen LogP contribution in [0.5, 0.6) is 0 Å². The lowest BCUT2D eigenvalue weighted by molar-refractivity contribution is 0.321. The summed E-state index contributed by atoms with van der Waals surface area (Å²) >= 11 is 0. The van der Waals surface area contributed by atoms with Crippen LogP contribution in [0, 0.1) is 0 Å². The van der Waals surface area contributed by atoms with Gasteiger partial charge in [-0.25, -0.2) is 0 Å². The number of rotatable bonds is 7. The summed E-state index contributed by atoms with van der Waals surface area (Å²) in [5.74, 6) is 1.57. The molecule has 2 heterocycles. The molecule has 0 bridgehead atoms. The third-order valence-corrected chi connectivity index (χ3v) is 5.19. The minimum atomic E-state index is 0. The topological polar surface area (TPSA) is 48.7 Å². The standard InChI is InChI=1S/C21H32N6.HI/c1-22-21(27-13-10-19(17-27)20-14-24-26(3)16-20)23-11-7-12-25(2)15-18-8-5-4-6-9-18;/h4-6,8-9,14,16,19H,7,10-13,15,17H2,1-3H3,(H,22,23);1H. The summed E-state index contributed by atoms with van der Waals surface area (Å²) in [7, 11) is 6.04. The maximum atomic E-state index is 4.48. The first-order valence-electron chi connectivity index (χ1n) is 9.82. The number of guanidine groups is 1. The van der Waals surface area contributed by atoms with Gasteiger partial charge in [-0.2, -0.15) is 5.10 Å². The summed E-state index contributed by atoms with van der Waals surface area (Å²) < 4.78 is 1.89. The lowest BCUT2D eigenvalue weighted by Gasteiger charge is -2.22. The SMILES string of the molecule is CN=C(NCCCN(C)Cc1ccccc1)N1CCC(c2cnn(C)c2)C1.I. The number of likely N-dealkylation sites (tertiary alicyclic amines) is 1. The van der Waals surface area contributed by atoms with E-state index >= 15 is 0 Å². The van der Waals surface area contributed by atoms with Crippen molar-refractivity contribution in [2.75, 3.05) is 40.3 Å². The van der Waals surface area contributed by atoms with Gasteiger partial charge in [0, 0.05) is 52.4 Å². The number of halogens is 1. The fourth-order valence-corrected chi connectivity index (χ4v) is 3.73. The molecule has 0 aliphatic carbocycles. The molecule has 1 fully saturated rings. The molecule has 0 amide bonds. The van der Waals surface area contributed by atoms with E-state index in [-0.39, 0.29) is 24.0 Å². The van der Waals surface area contributed by atoms with Crippen LogP contribution >= 0.6 is 24.0 Å². The molecule has 0 saturated carbocycles. The Morgan fingerprint density at radius 2 is 2.11 bits per heavy atom. The highest BCUT2D eigenvalue weighted by Gasteiger charge is 2.26. The van der Waals surface area contributed by atoms with Crippen molar-refractivity contribution in [1.82, 2.24) is 24.9 Å². The van der Waals surface area contributed by atoms with E-state index < -0.39 is 0 Å². The number of benzene rings is 1. The van der Waals surface area contributed by atoms with Gasteiger partial charge in [0.15, 0.2) is 5.96 Å². The molecule has 6 nitrogen and oxygen atoms in total. The van der Waals surface area contributed by atoms with Crippen LogP contribution in [-0.2, 0) is 13.6 Å².